The molecule has 0 saturated heterocycles. The van der Waals surface area contributed by atoms with Crippen LogP contribution in [0, 0.1) is 0 Å². The zero-order chi connectivity index (χ0) is 10.7. The minimum atomic E-state index is 0.623. The van der Waals surface area contributed by atoms with Crippen LogP contribution < -0.4 is 10.1 Å². The predicted octanol–water partition coefficient (Wildman–Crippen LogP) is 2.09. The molecule has 0 amide bonds. The number of nitrogens with one attached hydrogen (secondary N) is 1. The third kappa shape index (κ3) is 2.23. The van der Waals surface area contributed by atoms with Crippen LogP contribution in [-0.2, 0) is 0 Å². The van der Waals surface area contributed by atoms with Crippen LogP contribution in [0.1, 0.15) is 12.5 Å². The summed E-state index contributed by atoms with van der Waals surface area (Å²) >= 11 is 6.08. The topological polar surface area (TPSA) is 33.6 Å². The first-order valence-electron chi connectivity index (χ1n) is 5.02. The van der Waals surface area contributed by atoms with Crippen molar-refractivity contribution >= 4 is 17.4 Å². The van der Waals surface area contributed by atoms with E-state index in [-0.39, 0.29) is 0 Å². The average Bonchev–Trinajstić information content (AvgIpc) is 2.74. The Bertz CT molecular complexity index is 390. The van der Waals surface area contributed by atoms with E-state index < -0.39 is 0 Å². The Balaban J connectivity index is 2.24. The summed E-state index contributed by atoms with van der Waals surface area (Å²) < 4.78 is 5.36. The van der Waals surface area contributed by atoms with Gasteiger partial charge in [0.25, 0.3) is 0 Å². The number of amidine groups is 1. The standard InChI is InChI=1S/C11H13ClN2O/c1-2-15-10-4-3-8(7-9(10)12)11-13-5-6-14-11/h3-4,7H,2,5-6H2,1H3,(H,13,14). The predicted molar refractivity (Wildman–Crippen MR) is 62.0 cm³/mol. The van der Waals surface area contributed by atoms with E-state index in [1.807, 2.05) is 25.1 Å². The molecule has 1 heterocycles. The molecule has 1 N–H and O–H groups in total. The summed E-state index contributed by atoms with van der Waals surface area (Å²) in [6.45, 7) is 4.30. The van der Waals surface area contributed by atoms with Gasteiger partial charge in [0.15, 0.2) is 0 Å². The van der Waals surface area contributed by atoms with Crippen molar-refractivity contribution in [2.45, 2.75) is 6.92 Å². The number of rotatable bonds is 3. The largest absolute Gasteiger partial charge is 0.492 e. The molecule has 0 aliphatic carbocycles. The molecule has 0 fully saturated rings. The highest BCUT2D eigenvalue weighted by Crippen LogP contribution is 2.25. The van der Waals surface area contributed by atoms with Crippen LogP contribution in [0.25, 0.3) is 0 Å². The van der Waals surface area contributed by atoms with Gasteiger partial charge >= 0.3 is 0 Å². The SMILES string of the molecule is CCOc1ccc(C2=NCCN2)cc1Cl. The van der Waals surface area contributed by atoms with Crippen molar-refractivity contribution in [3.63, 3.8) is 0 Å². The molecule has 1 aromatic carbocycles. The minimum Gasteiger partial charge on any atom is -0.492 e. The van der Waals surface area contributed by atoms with Gasteiger partial charge in [0.1, 0.15) is 11.6 Å². The molecule has 1 aliphatic heterocycles. The lowest BCUT2D eigenvalue weighted by atomic mass is 10.2. The van der Waals surface area contributed by atoms with Gasteiger partial charge in [-0.25, -0.2) is 0 Å². The Labute approximate surface area is 94.1 Å². The number of nitrogens with zero attached hydrogens (tertiary/aromatic N) is 1. The van der Waals surface area contributed by atoms with E-state index in [9.17, 15) is 0 Å². The molecule has 0 aromatic heterocycles. The van der Waals surface area contributed by atoms with Gasteiger partial charge in [-0.15, -0.1) is 0 Å². The molecule has 0 saturated carbocycles. The fourth-order valence-electron chi connectivity index (χ4n) is 1.51. The van der Waals surface area contributed by atoms with Crippen LogP contribution in [0.15, 0.2) is 23.2 Å². The smallest absolute Gasteiger partial charge is 0.137 e. The summed E-state index contributed by atoms with van der Waals surface area (Å²) in [6, 6.07) is 5.72. The summed E-state index contributed by atoms with van der Waals surface area (Å²) in [7, 11) is 0. The molecule has 1 aliphatic rings. The number of hydrogen-bond donors (Lipinski definition) is 1. The van der Waals surface area contributed by atoms with Crippen molar-refractivity contribution in [3.05, 3.63) is 28.8 Å². The van der Waals surface area contributed by atoms with Gasteiger partial charge in [0, 0.05) is 12.1 Å². The van der Waals surface area contributed by atoms with E-state index in [0.717, 1.165) is 30.2 Å². The fourth-order valence-corrected chi connectivity index (χ4v) is 1.75. The fraction of sp³-hybridized carbons (Fsp3) is 0.364. The molecule has 0 bridgehead atoms. The Morgan fingerprint density at radius 2 is 2.40 bits per heavy atom. The van der Waals surface area contributed by atoms with E-state index in [1.54, 1.807) is 0 Å². The van der Waals surface area contributed by atoms with Gasteiger partial charge in [0.2, 0.25) is 0 Å². The molecule has 0 unspecified atom stereocenters. The molecular weight excluding hydrogens is 212 g/mol. The van der Waals surface area contributed by atoms with Crippen molar-refractivity contribution in [2.24, 2.45) is 4.99 Å². The third-order valence-electron chi connectivity index (χ3n) is 2.18. The molecule has 80 valence electrons. The van der Waals surface area contributed by atoms with Crippen molar-refractivity contribution in [3.8, 4) is 5.75 Å². The molecule has 1 aromatic rings. The summed E-state index contributed by atoms with van der Waals surface area (Å²) in [5.74, 6) is 1.64. The lowest BCUT2D eigenvalue weighted by Gasteiger charge is -2.07. The highest BCUT2D eigenvalue weighted by atomic mass is 35.5. The van der Waals surface area contributed by atoms with E-state index in [4.69, 9.17) is 16.3 Å². The number of benzene rings is 1. The van der Waals surface area contributed by atoms with Crippen LogP contribution in [0.2, 0.25) is 5.02 Å². The maximum atomic E-state index is 6.08. The monoisotopic (exact) mass is 224 g/mol. The quantitative estimate of drug-likeness (QED) is 0.853. The molecule has 0 atom stereocenters. The van der Waals surface area contributed by atoms with Crippen LogP contribution in [0.4, 0.5) is 0 Å². The summed E-state index contributed by atoms with van der Waals surface area (Å²) in [4.78, 5) is 4.33. The Kier molecular flexibility index (Phi) is 3.11. The second kappa shape index (κ2) is 4.53. The summed E-state index contributed by atoms with van der Waals surface area (Å²) in [6.07, 6.45) is 0. The van der Waals surface area contributed by atoms with Crippen molar-refractivity contribution in [2.75, 3.05) is 19.7 Å². The number of halogens is 1. The molecular formula is C11H13ClN2O. The second-order valence-corrected chi connectivity index (χ2v) is 3.64. The van der Waals surface area contributed by atoms with Gasteiger partial charge in [-0.3, -0.25) is 4.99 Å². The Hall–Kier alpha value is -1.22. The molecule has 4 heteroatoms. The number of hydrogen-bond acceptors (Lipinski definition) is 3. The normalized spacial score (nSPS) is 14.7. The first-order chi connectivity index (χ1) is 7.31. The van der Waals surface area contributed by atoms with Crippen LogP contribution in [-0.4, -0.2) is 25.5 Å². The van der Waals surface area contributed by atoms with E-state index in [0.29, 0.717) is 11.6 Å². The van der Waals surface area contributed by atoms with Gasteiger partial charge < -0.3 is 10.1 Å². The van der Waals surface area contributed by atoms with Gasteiger partial charge in [-0.1, -0.05) is 11.6 Å². The van der Waals surface area contributed by atoms with Crippen molar-refractivity contribution < 1.29 is 4.74 Å². The van der Waals surface area contributed by atoms with Crippen LogP contribution in [0.3, 0.4) is 0 Å². The number of aliphatic imine (C=N–C) groups is 1. The number of ether oxygens (including phenoxy) is 1. The van der Waals surface area contributed by atoms with Crippen molar-refractivity contribution in [1.82, 2.24) is 5.32 Å². The summed E-state index contributed by atoms with van der Waals surface area (Å²) in [5, 5.41) is 3.83. The Morgan fingerprint density at radius 1 is 1.53 bits per heavy atom. The molecule has 2 rings (SSSR count). The van der Waals surface area contributed by atoms with E-state index >= 15 is 0 Å². The Morgan fingerprint density at radius 3 is 3.00 bits per heavy atom. The zero-order valence-corrected chi connectivity index (χ0v) is 9.34. The maximum absolute atomic E-state index is 6.08. The second-order valence-electron chi connectivity index (χ2n) is 3.24. The van der Waals surface area contributed by atoms with E-state index in [2.05, 4.69) is 10.3 Å². The lowest BCUT2D eigenvalue weighted by molar-refractivity contribution is 0.340. The maximum Gasteiger partial charge on any atom is 0.137 e. The van der Waals surface area contributed by atoms with Crippen LogP contribution in [0.5, 0.6) is 5.75 Å². The van der Waals surface area contributed by atoms with E-state index in [1.165, 1.54) is 0 Å². The highest BCUT2D eigenvalue weighted by Gasteiger charge is 2.10. The molecule has 0 radical (unpaired) electrons. The highest BCUT2D eigenvalue weighted by molar-refractivity contribution is 6.32. The summed E-state index contributed by atoms with van der Waals surface area (Å²) in [5.41, 5.74) is 1.01. The first kappa shape index (κ1) is 10.3. The zero-order valence-electron chi connectivity index (χ0n) is 8.59. The van der Waals surface area contributed by atoms with Crippen LogP contribution >= 0.6 is 11.6 Å². The average molecular weight is 225 g/mol. The van der Waals surface area contributed by atoms with Gasteiger partial charge in [0.05, 0.1) is 18.2 Å². The first-order valence-corrected chi connectivity index (χ1v) is 5.40. The third-order valence-corrected chi connectivity index (χ3v) is 2.47. The molecule has 15 heavy (non-hydrogen) atoms. The lowest BCUT2D eigenvalue weighted by Crippen LogP contribution is -2.19. The van der Waals surface area contributed by atoms with Crippen molar-refractivity contribution in [1.29, 1.82) is 0 Å². The van der Waals surface area contributed by atoms with Gasteiger partial charge in [-0.2, -0.15) is 0 Å². The molecule has 0 spiro atoms. The minimum absolute atomic E-state index is 0.623. The molecule has 3 nitrogen and oxygen atoms in total. The van der Waals surface area contributed by atoms with Gasteiger partial charge in [-0.05, 0) is 25.1 Å².